The van der Waals surface area contributed by atoms with Crippen LogP contribution in [0.15, 0.2) is 58.9 Å². The highest BCUT2D eigenvalue weighted by molar-refractivity contribution is 7.16. The molecule has 1 aliphatic rings. The highest BCUT2D eigenvalue weighted by Gasteiger charge is 2.20. The molecule has 26 heavy (non-hydrogen) atoms. The minimum atomic E-state index is -0.240. The number of anilines is 1. The lowest BCUT2D eigenvalue weighted by Gasteiger charge is -2.04. The average Bonchev–Trinajstić information content (AvgIpc) is 3.35. The summed E-state index contributed by atoms with van der Waals surface area (Å²) in [6, 6.07) is 11.6. The van der Waals surface area contributed by atoms with Crippen molar-refractivity contribution >= 4 is 56.2 Å². The van der Waals surface area contributed by atoms with Crippen LogP contribution in [0.1, 0.15) is 5.56 Å². The quantitative estimate of drug-likeness (QED) is 0.479. The number of nitrogens with one attached hydrogen (secondary N) is 3. The zero-order valence-corrected chi connectivity index (χ0v) is 14.2. The number of hydrogen-bond acceptors (Lipinski definition) is 6. The Morgan fingerprint density at radius 3 is 2.96 bits per heavy atom. The Labute approximate surface area is 151 Å². The highest BCUT2D eigenvalue weighted by Crippen LogP contribution is 2.22. The molecule has 4 aromatic rings. The van der Waals surface area contributed by atoms with E-state index in [0.717, 1.165) is 32.5 Å². The predicted octanol–water partition coefficient (Wildman–Crippen LogP) is 3.11. The van der Waals surface area contributed by atoms with Gasteiger partial charge in [-0.2, -0.15) is 0 Å². The van der Waals surface area contributed by atoms with E-state index < -0.39 is 0 Å². The van der Waals surface area contributed by atoms with Gasteiger partial charge in [-0.1, -0.05) is 6.07 Å². The average molecular weight is 360 g/mol. The van der Waals surface area contributed by atoms with Crippen molar-refractivity contribution in [2.45, 2.75) is 0 Å². The molecule has 3 heterocycles. The largest absolute Gasteiger partial charge is 0.345 e. The van der Waals surface area contributed by atoms with E-state index in [9.17, 15) is 4.79 Å². The van der Waals surface area contributed by atoms with Gasteiger partial charge in [0.05, 0.1) is 33.1 Å². The summed E-state index contributed by atoms with van der Waals surface area (Å²) in [7, 11) is 0. The summed E-state index contributed by atoms with van der Waals surface area (Å²) >= 11 is 1.57. The van der Waals surface area contributed by atoms with E-state index >= 15 is 0 Å². The number of hydrogen-bond donors (Lipinski definition) is 3. The number of guanidine groups is 1. The lowest BCUT2D eigenvalue weighted by atomic mass is 10.1. The van der Waals surface area contributed by atoms with Crippen LogP contribution in [0.4, 0.5) is 5.69 Å². The molecule has 7 nitrogen and oxygen atoms in total. The van der Waals surface area contributed by atoms with Crippen LogP contribution >= 0.6 is 11.3 Å². The van der Waals surface area contributed by atoms with E-state index in [4.69, 9.17) is 0 Å². The second kappa shape index (κ2) is 5.78. The number of nitrogens with zero attached hydrogens (tertiary/aromatic N) is 3. The maximum atomic E-state index is 12.2. The summed E-state index contributed by atoms with van der Waals surface area (Å²) in [5, 5.41) is 5.88. The molecule has 2 aromatic carbocycles. The fourth-order valence-electron chi connectivity index (χ4n) is 2.80. The first kappa shape index (κ1) is 14.8. The Hall–Kier alpha value is -3.52. The van der Waals surface area contributed by atoms with Gasteiger partial charge in [0, 0.05) is 5.69 Å². The molecule has 0 saturated carbocycles. The highest BCUT2D eigenvalue weighted by atomic mass is 32.1. The second-order valence-electron chi connectivity index (χ2n) is 5.78. The predicted molar refractivity (Wildman–Crippen MR) is 103 cm³/mol. The van der Waals surface area contributed by atoms with Gasteiger partial charge in [0.2, 0.25) is 5.96 Å². The number of aliphatic imine (C=N–C) groups is 1. The number of benzene rings is 2. The van der Waals surface area contributed by atoms with Crippen molar-refractivity contribution in [3.05, 3.63) is 59.5 Å². The van der Waals surface area contributed by atoms with Crippen LogP contribution in [-0.4, -0.2) is 26.8 Å². The fourth-order valence-corrected chi connectivity index (χ4v) is 3.51. The molecule has 1 aliphatic heterocycles. The number of carbonyl (C=O) groups excluding carboxylic acids is 1. The Kier molecular flexibility index (Phi) is 3.29. The van der Waals surface area contributed by atoms with Crippen molar-refractivity contribution in [2.24, 2.45) is 4.99 Å². The van der Waals surface area contributed by atoms with Crippen LogP contribution in [0.2, 0.25) is 0 Å². The van der Waals surface area contributed by atoms with Crippen LogP contribution < -0.4 is 10.6 Å². The van der Waals surface area contributed by atoms with Crippen molar-refractivity contribution in [1.82, 2.24) is 20.3 Å². The van der Waals surface area contributed by atoms with Gasteiger partial charge >= 0.3 is 0 Å². The number of carbonyl (C=O) groups is 1. The summed E-state index contributed by atoms with van der Waals surface area (Å²) in [5.74, 6) is 0.170. The minimum absolute atomic E-state index is 0.240. The number of imidazole rings is 1. The molecule has 0 aliphatic carbocycles. The first-order chi connectivity index (χ1) is 12.7. The Balaban J connectivity index is 1.42. The van der Waals surface area contributed by atoms with E-state index in [2.05, 4.69) is 30.6 Å². The number of rotatable bonds is 2. The molecule has 0 bridgehead atoms. The lowest BCUT2D eigenvalue weighted by molar-refractivity contribution is -0.115. The smallest absolute Gasteiger partial charge is 0.276 e. The Bertz CT molecular complexity index is 1220. The maximum Gasteiger partial charge on any atom is 0.276 e. The molecule has 5 rings (SSSR count). The minimum Gasteiger partial charge on any atom is -0.345 e. The van der Waals surface area contributed by atoms with E-state index in [-0.39, 0.29) is 5.91 Å². The van der Waals surface area contributed by atoms with E-state index in [1.54, 1.807) is 29.3 Å². The van der Waals surface area contributed by atoms with Gasteiger partial charge in [0.25, 0.3) is 5.91 Å². The molecular formula is C18H12N6OS. The molecule has 3 N–H and O–H groups in total. The lowest BCUT2D eigenvalue weighted by Crippen LogP contribution is -2.29. The van der Waals surface area contributed by atoms with Crippen molar-refractivity contribution in [2.75, 3.05) is 5.32 Å². The standard InChI is InChI=1S/C18H12N6OS/c25-17-15(6-10-1-3-12-14(5-10)20-8-19-12)23-18(24-17)22-11-2-4-13-16(7-11)26-9-21-13/h1-9H,(H,19,20)(H2,22,23,24,25)/b15-6-. The molecule has 1 amide bonds. The Morgan fingerprint density at radius 1 is 1.08 bits per heavy atom. The van der Waals surface area contributed by atoms with Crippen LogP contribution in [0.25, 0.3) is 27.3 Å². The first-order valence-corrected chi connectivity index (χ1v) is 8.78. The van der Waals surface area contributed by atoms with Crippen LogP contribution in [0.5, 0.6) is 0 Å². The third-order valence-electron chi connectivity index (χ3n) is 4.04. The van der Waals surface area contributed by atoms with Gasteiger partial charge in [0.15, 0.2) is 0 Å². The van der Waals surface area contributed by atoms with E-state index in [1.807, 2.05) is 36.4 Å². The van der Waals surface area contributed by atoms with Gasteiger partial charge in [-0.25, -0.2) is 15.0 Å². The zero-order chi connectivity index (χ0) is 17.5. The second-order valence-corrected chi connectivity index (χ2v) is 6.67. The molecule has 0 spiro atoms. The zero-order valence-electron chi connectivity index (χ0n) is 13.4. The van der Waals surface area contributed by atoms with Crippen LogP contribution in [0.3, 0.4) is 0 Å². The topological polar surface area (TPSA) is 95.1 Å². The molecule has 0 saturated heterocycles. The molecule has 0 fully saturated rings. The molecule has 0 radical (unpaired) electrons. The molecule has 8 heteroatoms. The number of aromatic nitrogens is 3. The van der Waals surface area contributed by atoms with Gasteiger partial charge in [-0.3, -0.25) is 10.1 Å². The third-order valence-corrected chi connectivity index (χ3v) is 4.83. The Morgan fingerprint density at radius 2 is 2.00 bits per heavy atom. The number of amides is 1. The monoisotopic (exact) mass is 360 g/mol. The summed E-state index contributed by atoms with van der Waals surface area (Å²) < 4.78 is 1.07. The maximum absolute atomic E-state index is 12.2. The van der Waals surface area contributed by atoms with E-state index in [1.165, 1.54) is 0 Å². The van der Waals surface area contributed by atoms with Gasteiger partial charge in [0.1, 0.15) is 5.70 Å². The van der Waals surface area contributed by atoms with Crippen molar-refractivity contribution < 1.29 is 4.79 Å². The van der Waals surface area contributed by atoms with Crippen molar-refractivity contribution in [3.63, 3.8) is 0 Å². The van der Waals surface area contributed by atoms with Crippen molar-refractivity contribution in [1.29, 1.82) is 0 Å². The van der Waals surface area contributed by atoms with Gasteiger partial charge in [-0.15, -0.1) is 11.3 Å². The molecule has 0 unspecified atom stereocenters. The molecule has 2 aromatic heterocycles. The summed E-state index contributed by atoms with van der Waals surface area (Å²) in [5.41, 5.74) is 6.63. The molecule has 126 valence electrons. The first-order valence-electron chi connectivity index (χ1n) is 7.90. The van der Waals surface area contributed by atoms with Crippen LogP contribution in [-0.2, 0) is 4.79 Å². The number of thiazole rings is 1. The van der Waals surface area contributed by atoms with E-state index in [0.29, 0.717) is 11.7 Å². The number of fused-ring (bicyclic) bond motifs is 2. The summed E-state index contributed by atoms with van der Waals surface area (Å²) in [4.78, 5) is 28.1. The third kappa shape index (κ3) is 2.62. The fraction of sp³-hybridized carbons (Fsp3) is 0. The molecule has 0 atom stereocenters. The van der Waals surface area contributed by atoms with Gasteiger partial charge in [-0.05, 0) is 42.0 Å². The summed E-state index contributed by atoms with van der Waals surface area (Å²) in [6.07, 6.45) is 3.39. The van der Waals surface area contributed by atoms with Crippen LogP contribution in [0, 0.1) is 0 Å². The summed E-state index contributed by atoms with van der Waals surface area (Å²) in [6.45, 7) is 0. The SMILES string of the molecule is O=C1NC(Nc2ccc3ncsc3c2)=N/C1=C\c1ccc2nc[nH]c2c1. The normalized spacial score (nSPS) is 15.6. The molecular weight excluding hydrogens is 348 g/mol. The van der Waals surface area contributed by atoms with Gasteiger partial charge < -0.3 is 10.3 Å². The number of H-pyrrole nitrogens is 1. The van der Waals surface area contributed by atoms with Crippen molar-refractivity contribution in [3.8, 4) is 0 Å². The number of aromatic amines is 1.